The Morgan fingerprint density at radius 1 is 1.17 bits per heavy atom. The Morgan fingerprint density at radius 2 is 1.81 bits per heavy atom. The Kier molecular flexibility index (Phi) is 6.63. The first-order chi connectivity index (χ1) is 16.6. The van der Waals surface area contributed by atoms with Crippen molar-refractivity contribution in [2.45, 2.75) is 75.6 Å². The Balaban J connectivity index is 1.67. The first-order valence-corrected chi connectivity index (χ1v) is 16.7. The zero-order valence-corrected chi connectivity index (χ0v) is 23.5. The number of nitrogens with zero attached hydrogens (tertiary/aromatic N) is 3. The van der Waals surface area contributed by atoms with Gasteiger partial charge < -0.3 is 14.1 Å². The first kappa shape index (κ1) is 26.4. The fourth-order valence-corrected chi connectivity index (χ4v) is 6.49. The van der Waals surface area contributed by atoms with Crippen molar-refractivity contribution in [1.82, 2.24) is 15.1 Å². The summed E-state index contributed by atoms with van der Waals surface area (Å²) in [6.07, 6.45) is 0.621. The number of carbonyl (C=O) groups is 2. The molecule has 0 radical (unpaired) electrons. The summed E-state index contributed by atoms with van der Waals surface area (Å²) in [5.41, 5.74) is 1.56. The number of sulfone groups is 1. The van der Waals surface area contributed by atoms with Crippen LogP contribution in [0.3, 0.4) is 0 Å². The van der Waals surface area contributed by atoms with Crippen LogP contribution in [0, 0.1) is 5.92 Å². The van der Waals surface area contributed by atoms with Crippen molar-refractivity contribution >= 4 is 30.0 Å². The third-order valence-corrected chi connectivity index (χ3v) is 13.0. The number of benzene rings is 1. The second-order valence-corrected chi connectivity index (χ2v) is 17.8. The second-order valence-electron chi connectivity index (χ2n) is 11.1. The van der Waals surface area contributed by atoms with E-state index in [0.29, 0.717) is 5.56 Å². The van der Waals surface area contributed by atoms with Crippen LogP contribution < -0.4 is 0 Å². The molecule has 194 valence electrons. The molecule has 0 spiro atoms. The molecule has 1 aromatic carbocycles. The molecule has 1 saturated heterocycles. The SMILES string of the molecule is C[C@@H](O[Si](C)(C)C(C)(C)C)[C@H]1C(=O)N2C(C(=O)OCc3ccccc3)c3nnc(S(C)(=O)=O)cc3[C@H]12. The number of fused-ring (bicyclic) bond motifs is 3. The van der Waals surface area contributed by atoms with Crippen molar-refractivity contribution in [3.63, 3.8) is 0 Å². The number of hydrogen-bond acceptors (Lipinski definition) is 8. The van der Waals surface area contributed by atoms with Gasteiger partial charge in [0.05, 0.1) is 18.1 Å². The van der Waals surface area contributed by atoms with Crippen LogP contribution in [0.15, 0.2) is 41.4 Å². The monoisotopic (exact) mass is 531 g/mol. The lowest BCUT2D eigenvalue weighted by Gasteiger charge is -2.49. The summed E-state index contributed by atoms with van der Waals surface area (Å²) >= 11 is 0. The van der Waals surface area contributed by atoms with Crippen molar-refractivity contribution in [1.29, 1.82) is 0 Å². The lowest BCUT2D eigenvalue weighted by atomic mass is 9.82. The first-order valence-electron chi connectivity index (χ1n) is 11.9. The molecule has 4 atom stereocenters. The maximum atomic E-state index is 13.4. The summed E-state index contributed by atoms with van der Waals surface area (Å²) in [4.78, 5) is 28.1. The molecule has 4 rings (SSSR count). The minimum Gasteiger partial charge on any atom is -0.459 e. The van der Waals surface area contributed by atoms with Gasteiger partial charge in [-0.2, -0.15) is 5.10 Å². The third-order valence-electron chi connectivity index (χ3n) is 7.49. The zero-order valence-electron chi connectivity index (χ0n) is 21.7. The van der Waals surface area contributed by atoms with Gasteiger partial charge in [0.25, 0.3) is 0 Å². The number of carbonyl (C=O) groups excluding carboxylic acids is 2. The molecule has 1 fully saturated rings. The van der Waals surface area contributed by atoms with Crippen LogP contribution in [-0.4, -0.2) is 56.1 Å². The van der Waals surface area contributed by atoms with Crippen LogP contribution in [-0.2, 0) is 35.2 Å². The maximum absolute atomic E-state index is 13.4. The van der Waals surface area contributed by atoms with Gasteiger partial charge in [-0.15, -0.1) is 5.10 Å². The molecule has 0 N–H and O–H groups in total. The predicted molar refractivity (Wildman–Crippen MR) is 135 cm³/mol. The highest BCUT2D eigenvalue weighted by molar-refractivity contribution is 7.90. The van der Waals surface area contributed by atoms with Crippen LogP contribution in [0.25, 0.3) is 0 Å². The van der Waals surface area contributed by atoms with E-state index in [4.69, 9.17) is 9.16 Å². The standard InChI is InChI=1S/C25H33N3O6SSi/c1-15(34-36(6,7)25(2,3)4)19-21-17-13-18(35(5,31)32)26-27-20(17)22(28(21)23(19)29)24(30)33-14-16-11-9-8-10-12-16/h8-13,15,19,21-22H,14H2,1-7H3/t15-,19-,21-,22?/m1/s1. The molecular weight excluding hydrogens is 498 g/mol. The molecule has 0 saturated carbocycles. The van der Waals surface area contributed by atoms with E-state index in [0.717, 1.165) is 11.8 Å². The summed E-state index contributed by atoms with van der Waals surface area (Å²) in [7, 11) is -5.84. The van der Waals surface area contributed by atoms with E-state index in [2.05, 4.69) is 44.1 Å². The number of amides is 1. The summed E-state index contributed by atoms with van der Waals surface area (Å²) in [5.74, 6) is -1.44. The lowest BCUT2D eigenvalue weighted by Crippen LogP contribution is -2.60. The highest BCUT2D eigenvalue weighted by atomic mass is 32.2. The van der Waals surface area contributed by atoms with E-state index in [1.54, 1.807) is 0 Å². The second kappa shape index (κ2) is 9.04. The van der Waals surface area contributed by atoms with Gasteiger partial charge in [-0.1, -0.05) is 51.1 Å². The number of aromatic nitrogens is 2. The molecule has 0 bridgehead atoms. The number of hydrogen-bond donors (Lipinski definition) is 0. The van der Waals surface area contributed by atoms with Gasteiger partial charge in [-0.25, -0.2) is 13.2 Å². The zero-order chi connectivity index (χ0) is 26.6. The van der Waals surface area contributed by atoms with E-state index in [9.17, 15) is 18.0 Å². The normalized spacial score (nSPS) is 22.5. The van der Waals surface area contributed by atoms with Crippen molar-refractivity contribution in [3.05, 3.63) is 53.2 Å². The van der Waals surface area contributed by atoms with E-state index in [1.807, 2.05) is 37.3 Å². The number of esters is 1. The number of ether oxygens (including phenoxy) is 1. The summed E-state index contributed by atoms with van der Waals surface area (Å²) in [5, 5.41) is 7.70. The molecule has 1 aromatic heterocycles. The topological polar surface area (TPSA) is 116 Å². The van der Waals surface area contributed by atoms with E-state index < -0.39 is 48.2 Å². The fraction of sp³-hybridized carbons (Fsp3) is 0.520. The lowest BCUT2D eigenvalue weighted by molar-refractivity contribution is -0.176. The van der Waals surface area contributed by atoms with Crippen molar-refractivity contribution in [3.8, 4) is 0 Å². The van der Waals surface area contributed by atoms with Gasteiger partial charge in [-0.05, 0) is 36.7 Å². The Labute approximate surface area is 213 Å². The molecule has 11 heteroatoms. The van der Waals surface area contributed by atoms with Crippen LogP contribution in [0.1, 0.15) is 56.6 Å². The highest BCUT2D eigenvalue weighted by Crippen LogP contribution is 2.55. The van der Waals surface area contributed by atoms with E-state index in [1.165, 1.54) is 11.0 Å². The van der Waals surface area contributed by atoms with Crippen molar-refractivity contribution < 1.29 is 27.2 Å². The predicted octanol–water partition coefficient (Wildman–Crippen LogP) is 3.59. The smallest absolute Gasteiger partial charge is 0.335 e. The molecule has 2 aromatic rings. The third kappa shape index (κ3) is 4.59. The number of β-lactam (4-membered cyclic amide) rings is 1. The average molecular weight is 532 g/mol. The molecule has 1 amide bonds. The molecule has 0 aliphatic carbocycles. The van der Waals surface area contributed by atoms with Crippen LogP contribution in [0.2, 0.25) is 18.1 Å². The largest absolute Gasteiger partial charge is 0.459 e. The quantitative estimate of drug-likeness (QED) is 0.302. The Bertz CT molecular complexity index is 1290. The molecule has 1 unspecified atom stereocenters. The Morgan fingerprint density at radius 3 is 2.39 bits per heavy atom. The Hall–Kier alpha value is -2.63. The van der Waals surface area contributed by atoms with Crippen molar-refractivity contribution in [2.24, 2.45) is 5.92 Å². The van der Waals surface area contributed by atoms with Gasteiger partial charge in [0.2, 0.25) is 5.91 Å². The number of rotatable bonds is 7. The van der Waals surface area contributed by atoms with Crippen LogP contribution in [0.4, 0.5) is 0 Å². The van der Waals surface area contributed by atoms with Gasteiger partial charge >= 0.3 is 5.97 Å². The molecule has 2 aliphatic heterocycles. The minimum atomic E-state index is -3.64. The summed E-state index contributed by atoms with van der Waals surface area (Å²) < 4.78 is 36.5. The van der Waals surface area contributed by atoms with E-state index >= 15 is 0 Å². The molecular formula is C25H33N3O6SSi. The van der Waals surface area contributed by atoms with E-state index in [-0.39, 0.29) is 28.3 Å². The van der Waals surface area contributed by atoms with Crippen LogP contribution in [0.5, 0.6) is 0 Å². The molecule has 2 aliphatic rings. The van der Waals surface area contributed by atoms with Crippen molar-refractivity contribution in [2.75, 3.05) is 6.26 Å². The molecule has 3 heterocycles. The van der Waals surface area contributed by atoms with Gasteiger partial charge in [0.15, 0.2) is 29.2 Å². The summed E-state index contributed by atoms with van der Waals surface area (Å²) in [6.45, 7) is 12.5. The molecule has 36 heavy (non-hydrogen) atoms. The van der Waals surface area contributed by atoms with Gasteiger partial charge in [0, 0.05) is 11.8 Å². The minimum absolute atomic E-state index is 0.0430. The molecule has 9 nitrogen and oxygen atoms in total. The highest BCUT2D eigenvalue weighted by Gasteiger charge is 2.62. The fourth-order valence-electron chi connectivity index (χ4n) is 4.53. The van der Waals surface area contributed by atoms with Gasteiger partial charge in [-0.3, -0.25) is 4.79 Å². The van der Waals surface area contributed by atoms with Crippen LogP contribution >= 0.6 is 0 Å². The maximum Gasteiger partial charge on any atom is 0.335 e. The average Bonchev–Trinajstić information content (AvgIpc) is 3.06. The summed E-state index contributed by atoms with van der Waals surface area (Å²) in [6, 6.07) is 9.02. The van der Waals surface area contributed by atoms with Gasteiger partial charge in [0.1, 0.15) is 12.3 Å².